The Morgan fingerprint density at radius 2 is 2.55 bits per heavy atom. The van der Waals surface area contributed by atoms with Crippen molar-refractivity contribution in [1.29, 1.82) is 0 Å². The maximum absolute atomic E-state index is 5.10. The molecular weight excluding hydrogens is 154 g/mol. The minimum atomic E-state index is 0.810. The van der Waals surface area contributed by atoms with E-state index in [0.717, 1.165) is 19.5 Å². The quantitative estimate of drug-likeness (QED) is 0.530. The van der Waals surface area contributed by atoms with Crippen LogP contribution in [0, 0.1) is 12.3 Å². The molecular formula is C9H11NS. The van der Waals surface area contributed by atoms with E-state index in [1.807, 2.05) is 0 Å². The van der Waals surface area contributed by atoms with Gasteiger partial charge in [-0.3, -0.25) is 0 Å². The fourth-order valence-corrected chi connectivity index (χ4v) is 1.46. The van der Waals surface area contributed by atoms with Crippen LogP contribution in [0.3, 0.4) is 0 Å². The lowest BCUT2D eigenvalue weighted by molar-refractivity contribution is 0.703. The molecule has 0 saturated heterocycles. The number of rotatable bonds is 4. The van der Waals surface area contributed by atoms with Crippen molar-refractivity contribution in [3.63, 3.8) is 0 Å². The third-order valence-corrected chi connectivity index (χ3v) is 2.09. The molecule has 2 heteroatoms. The normalized spacial score (nSPS) is 9.36. The predicted molar refractivity (Wildman–Crippen MR) is 49.5 cm³/mol. The van der Waals surface area contributed by atoms with Crippen LogP contribution in [0.1, 0.15) is 12.0 Å². The molecule has 1 rings (SSSR count). The molecule has 0 amide bonds. The topological polar surface area (TPSA) is 12.0 Å². The lowest BCUT2D eigenvalue weighted by Crippen LogP contribution is -2.13. The summed E-state index contributed by atoms with van der Waals surface area (Å²) in [5.41, 5.74) is 1.34. The maximum Gasteiger partial charge on any atom is 0.0214 e. The fraction of sp³-hybridized carbons (Fsp3) is 0.333. The van der Waals surface area contributed by atoms with Crippen LogP contribution in [-0.2, 0) is 6.54 Å². The van der Waals surface area contributed by atoms with Gasteiger partial charge in [0, 0.05) is 19.5 Å². The summed E-state index contributed by atoms with van der Waals surface area (Å²) in [6.07, 6.45) is 5.91. The van der Waals surface area contributed by atoms with Crippen LogP contribution in [-0.4, -0.2) is 6.54 Å². The molecule has 58 valence electrons. The summed E-state index contributed by atoms with van der Waals surface area (Å²) in [7, 11) is 0. The summed E-state index contributed by atoms with van der Waals surface area (Å²) in [5.74, 6) is 2.59. The number of terminal acetylenes is 1. The van der Waals surface area contributed by atoms with Gasteiger partial charge in [0.15, 0.2) is 0 Å². The van der Waals surface area contributed by atoms with E-state index >= 15 is 0 Å². The van der Waals surface area contributed by atoms with Gasteiger partial charge >= 0.3 is 0 Å². The van der Waals surface area contributed by atoms with Crippen LogP contribution in [0.2, 0.25) is 0 Å². The van der Waals surface area contributed by atoms with Gasteiger partial charge in [-0.25, -0.2) is 0 Å². The van der Waals surface area contributed by atoms with E-state index < -0.39 is 0 Å². The van der Waals surface area contributed by atoms with Crippen molar-refractivity contribution in [2.45, 2.75) is 13.0 Å². The summed E-state index contributed by atoms with van der Waals surface area (Å²) in [6.45, 7) is 1.84. The van der Waals surface area contributed by atoms with Crippen molar-refractivity contribution in [3.05, 3.63) is 22.4 Å². The van der Waals surface area contributed by atoms with Crippen LogP contribution < -0.4 is 5.32 Å². The summed E-state index contributed by atoms with van der Waals surface area (Å²) in [5, 5.41) is 7.48. The van der Waals surface area contributed by atoms with E-state index in [9.17, 15) is 0 Å². The number of nitrogens with one attached hydrogen (secondary N) is 1. The molecule has 0 aliphatic carbocycles. The molecule has 0 unspecified atom stereocenters. The molecule has 1 nitrogen and oxygen atoms in total. The lowest BCUT2D eigenvalue weighted by Gasteiger charge is -1.97. The first-order chi connectivity index (χ1) is 5.43. The Balaban J connectivity index is 2.10. The maximum atomic E-state index is 5.10. The Bertz CT molecular complexity index is 220. The second-order valence-corrected chi connectivity index (χ2v) is 3.04. The van der Waals surface area contributed by atoms with E-state index in [2.05, 4.69) is 28.1 Å². The van der Waals surface area contributed by atoms with Gasteiger partial charge in [-0.2, -0.15) is 11.3 Å². The van der Waals surface area contributed by atoms with Gasteiger partial charge in [-0.05, 0) is 22.4 Å². The Labute approximate surface area is 71.4 Å². The van der Waals surface area contributed by atoms with Gasteiger partial charge in [0.1, 0.15) is 0 Å². The van der Waals surface area contributed by atoms with E-state index in [1.54, 1.807) is 11.3 Å². The third-order valence-electron chi connectivity index (χ3n) is 1.36. The number of thiophene rings is 1. The zero-order valence-electron chi connectivity index (χ0n) is 6.34. The Morgan fingerprint density at radius 3 is 3.18 bits per heavy atom. The van der Waals surface area contributed by atoms with Gasteiger partial charge in [-0.1, -0.05) is 0 Å². The van der Waals surface area contributed by atoms with Crippen molar-refractivity contribution >= 4 is 11.3 Å². The molecule has 1 N–H and O–H groups in total. The van der Waals surface area contributed by atoms with Gasteiger partial charge in [0.2, 0.25) is 0 Å². The van der Waals surface area contributed by atoms with E-state index in [0.29, 0.717) is 0 Å². The summed E-state index contributed by atoms with van der Waals surface area (Å²) >= 11 is 1.72. The predicted octanol–water partition coefficient (Wildman–Crippen LogP) is 1.86. The molecule has 0 radical (unpaired) electrons. The first kappa shape index (κ1) is 8.32. The molecule has 0 bridgehead atoms. The minimum absolute atomic E-state index is 0.810. The fourth-order valence-electron chi connectivity index (χ4n) is 0.787. The van der Waals surface area contributed by atoms with E-state index in [1.165, 1.54) is 5.56 Å². The molecule has 0 aliphatic heterocycles. The summed E-state index contributed by atoms with van der Waals surface area (Å²) < 4.78 is 0. The highest BCUT2D eigenvalue weighted by molar-refractivity contribution is 7.07. The molecule has 1 aromatic heterocycles. The van der Waals surface area contributed by atoms with Gasteiger partial charge < -0.3 is 5.32 Å². The third kappa shape index (κ3) is 3.22. The molecule has 0 fully saturated rings. The van der Waals surface area contributed by atoms with Crippen molar-refractivity contribution in [2.24, 2.45) is 0 Å². The molecule has 0 aliphatic rings. The SMILES string of the molecule is C#CCCNCc1ccsc1. The second-order valence-electron chi connectivity index (χ2n) is 2.26. The largest absolute Gasteiger partial charge is 0.312 e. The Morgan fingerprint density at radius 1 is 1.64 bits per heavy atom. The van der Waals surface area contributed by atoms with Crippen molar-refractivity contribution < 1.29 is 0 Å². The second kappa shape index (κ2) is 4.95. The van der Waals surface area contributed by atoms with Crippen LogP contribution in [0.4, 0.5) is 0 Å². The monoisotopic (exact) mass is 165 g/mol. The van der Waals surface area contributed by atoms with Crippen molar-refractivity contribution in [2.75, 3.05) is 6.54 Å². The highest BCUT2D eigenvalue weighted by Crippen LogP contribution is 2.04. The zero-order chi connectivity index (χ0) is 7.94. The zero-order valence-corrected chi connectivity index (χ0v) is 7.16. The molecule has 1 aromatic rings. The Kier molecular flexibility index (Phi) is 3.74. The molecule has 11 heavy (non-hydrogen) atoms. The molecule has 0 atom stereocenters. The molecule has 0 spiro atoms. The van der Waals surface area contributed by atoms with Gasteiger partial charge in [0.25, 0.3) is 0 Å². The highest BCUT2D eigenvalue weighted by atomic mass is 32.1. The van der Waals surface area contributed by atoms with Gasteiger partial charge in [0.05, 0.1) is 0 Å². The molecule has 0 aromatic carbocycles. The average Bonchev–Trinajstić information content (AvgIpc) is 2.50. The van der Waals surface area contributed by atoms with E-state index in [4.69, 9.17) is 6.42 Å². The van der Waals surface area contributed by atoms with Crippen LogP contribution in [0.25, 0.3) is 0 Å². The molecule has 0 saturated carbocycles. The highest BCUT2D eigenvalue weighted by Gasteiger charge is 1.89. The van der Waals surface area contributed by atoms with Crippen LogP contribution in [0.5, 0.6) is 0 Å². The summed E-state index contributed by atoms with van der Waals surface area (Å²) in [6, 6.07) is 2.12. The standard InChI is InChI=1S/C9H11NS/c1-2-3-5-10-7-9-4-6-11-8-9/h1,4,6,8,10H,3,5,7H2. The van der Waals surface area contributed by atoms with Crippen molar-refractivity contribution in [1.82, 2.24) is 5.32 Å². The van der Waals surface area contributed by atoms with Crippen molar-refractivity contribution in [3.8, 4) is 12.3 Å². The lowest BCUT2D eigenvalue weighted by atomic mass is 10.3. The number of hydrogen-bond acceptors (Lipinski definition) is 2. The first-order valence-electron chi connectivity index (χ1n) is 3.58. The minimum Gasteiger partial charge on any atom is -0.312 e. The Hall–Kier alpha value is -0.780. The smallest absolute Gasteiger partial charge is 0.0214 e. The first-order valence-corrected chi connectivity index (χ1v) is 4.53. The van der Waals surface area contributed by atoms with Crippen LogP contribution >= 0.6 is 11.3 Å². The number of hydrogen-bond donors (Lipinski definition) is 1. The van der Waals surface area contributed by atoms with Gasteiger partial charge in [-0.15, -0.1) is 12.3 Å². The average molecular weight is 165 g/mol. The van der Waals surface area contributed by atoms with Crippen LogP contribution in [0.15, 0.2) is 16.8 Å². The molecule has 1 heterocycles. The summed E-state index contributed by atoms with van der Waals surface area (Å²) in [4.78, 5) is 0. The van der Waals surface area contributed by atoms with E-state index in [-0.39, 0.29) is 0 Å².